The summed E-state index contributed by atoms with van der Waals surface area (Å²) in [5.41, 5.74) is -0.208. The van der Waals surface area contributed by atoms with E-state index in [2.05, 4.69) is 0 Å². The summed E-state index contributed by atoms with van der Waals surface area (Å²) in [7, 11) is 1.36. The van der Waals surface area contributed by atoms with Crippen LogP contribution in [-0.4, -0.2) is 46.3 Å². The number of hydrogen-bond acceptors (Lipinski definition) is 4. The van der Waals surface area contributed by atoms with Crippen molar-refractivity contribution in [2.45, 2.75) is 13.0 Å². The molecule has 7 nitrogen and oxygen atoms in total. The Kier molecular flexibility index (Phi) is 6.82. The van der Waals surface area contributed by atoms with Crippen LogP contribution in [0.4, 0.5) is 5.69 Å². The number of nitrogens with zero attached hydrogens (tertiary/aromatic N) is 1. The van der Waals surface area contributed by atoms with Gasteiger partial charge in [-0.05, 0) is 74.7 Å². The molecule has 0 aliphatic heterocycles. The first-order valence-corrected chi connectivity index (χ1v) is 8.88. The van der Waals surface area contributed by atoms with Crippen LogP contribution in [0.1, 0.15) is 27.6 Å². The number of likely N-dealkylation sites (N-methyl/N-ethyl adjacent to an activating group) is 1. The van der Waals surface area contributed by atoms with Gasteiger partial charge in [-0.2, -0.15) is 0 Å². The van der Waals surface area contributed by atoms with E-state index in [1.165, 1.54) is 14.0 Å². The van der Waals surface area contributed by atoms with Gasteiger partial charge in [0.25, 0.3) is 5.91 Å². The van der Waals surface area contributed by atoms with E-state index >= 15 is 0 Å². The fraction of sp³-hybridized carbons (Fsp3) is 0.250. The first-order chi connectivity index (χ1) is 10.0. The molecule has 1 atom stereocenters. The summed E-state index contributed by atoms with van der Waals surface area (Å²) in [5, 5.41) is 28.1. The average Bonchev–Trinajstić information content (AvgIpc) is 2.35. The maximum absolute atomic E-state index is 12.0. The summed E-state index contributed by atoms with van der Waals surface area (Å²) in [6, 6.07) is 0. The molecule has 1 amide bonds. The minimum atomic E-state index is -1.29. The number of aliphatic hydroxyl groups is 1. The van der Waals surface area contributed by atoms with E-state index in [-0.39, 0.29) is 27.5 Å². The van der Waals surface area contributed by atoms with E-state index in [1.54, 1.807) is 67.8 Å². The molecule has 0 heterocycles. The Bertz CT molecular complexity index is 632. The second-order valence-corrected chi connectivity index (χ2v) is 7.46. The van der Waals surface area contributed by atoms with Gasteiger partial charge in [-0.1, -0.05) is 0 Å². The Hall–Kier alpha value is -0.220. The van der Waals surface area contributed by atoms with Crippen molar-refractivity contribution in [3.8, 4) is 0 Å². The molecule has 0 saturated heterocycles. The Labute approximate surface area is 166 Å². The highest BCUT2D eigenvalue weighted by atomic mass is 127. The monoisotopic (exact) mass is 645 g/mol. The number of aliphatic hydroxyl groups excluding tert-OH is 1. The van der Waals surface area contributed by atoms with Gasteiger partial charge >= 0.3 is 11.9 Å². The minimum absolute atomic E-state index is 0.0908. The number of anilines is 1. The number of rotatable bonds is 4. The molecule has 0 radical (unpaired) electrons. The fourth-order valence-electron chi connectivity index (χ4n) is 1.71. The normalized spacial score (nSPS) is 11.9. The second kappa shape index (κ2) is 7.57. The Balaban J connectivity index is 3.82. The second-order valence-electron chi connectivity index (χ2n) is 4.22. The number of halogens is 3. The maximum atomic E-state index is 12.0. The average molecular weight is 645 g/mol. The molecule has 1 rings (SSSR count). The highest BCUT2D eigenvalue weighted by Gasteiger charge is 2.31. The van der Waals surface area contributed by atoms with Gasteiger partial charge < -0.3 is 20.2 Å². The standard InChI is InChI=1S/C12H10I3NO6/c1-3(17)10(18)16(2)9-7(14)4(11(19)20)6(13)5(8(9)15)12(21)22/h3,17H,1-2H3,(H,19,20)(H,21,22)/t3-/m0/s1. The summed E-state index contributed by atoms with van der Waals surface area (Å²) in [6.45, 7) is 1.28. The lowest BCUT2D eigenvalue weighted by molar-refractivity contribution is -0.125. The summed E-state index contributed by atoms with van der Waals surface area (Å²) >= 11 is 5.19. The number of benzene rings is 1. The Morgan fingerprint density at radius 2 is 1.32 bits per heavy atom. The van der Waals surface area contributed by atoms with E-state index in [0.717, 1.165) is 4.90 Å². The lowest BCUT2D eigenvalue weighted by Crippen LogP contribution is -2.36. The van der Waals surface area contributed by atoms with Crippen molar-refractivity contribution in [1.82, 2.24) is 0 Å². The van der Waals surface area contributed by atoms with E-state index in [1.807, 2.05) is 0 Å². The lowest BCUT2D eigenvalue weighted by atomic mass is 10.1. The van der Waals surface area contributed by atoms with Crippen molar-refractivity contribution in [1.29, 1.82) is 0 Å². The predicted octanol–water partition coefficient (Wildman–Crippen LogP) is 2.24. The van der Waals surface area contributed by atoms with Crippen LogP contribution in [0, 0.1) is 10.7 Å². The van der Waals surface area contributed by atoms with Crippen molar-refractivity contribution >= 4 is 91.3 Å². The fourth-order valence-corrected chi connectivity index (χ4v) is 6.52. The molecule has 0 aliphatic rings. The molecular weight excluding hydrogens is 635 g/mol. The van der Waals surface area contributed by atoms with Crippen molar-refractivity contribution in [2.75, 3.05) is 11.9 Å². The molecule has 120 valence electrons. The van der Waals surface area contributed by atoms with Gasteiger partial charge in [-0.3, -0.25) is 4.79 Å². The zero-order valence-corrected chi connectivity index (χ0v) is 17.7. The summed E-state index contributed by atoms with van der Waals surface area (Å²) in [4.78, 5) is 35.9. The van der Waals surface area contributed by atoms with Crippen LogP contribution in [0.3, 0.4) is 0 Å². The molecule has 0 aromatic heterocycles. The quantitative estimate of drug-likeness (QED) is 0.434. The molecule has 0 fully saturated rings. The van der Waals surface area contributed by atoms with Gasteiger partial charge in [0.15, 0.2) is 0 Å². The van der Waals surface area contributed by atoms with E-state index in [4.69, 9.17) is 0 Å². The number of carbonyl (C=O) groups is 3. The molecule has 22 heavy (non-hydrogen) atoms. The minimum Gasteiger partial charge on any atom is -0.478 e. The SMILES string of the molecule is C[C@H](O)C(=O)N(C)c1c(I)c(C(=O)O)c(I)c(C(=O)O)c1I. The number of carboxylic acids is 2. The topological polar surface area (TPSA) is 115 Å². The molecule has 1 aromatic carbocycles. The Morgan fingerprint density at radius 1 is 0.955 bits per heavy atom. The number of amides is 1. The first kappa shape index (κ1) is 19.8. The third kappa shape index (κ3) is 3.64. The van der Waals surface area contributed by atoms with Crippen molar-refractivity contribution in [3.05, 3.63) is 21.8 Å². The van der Waals surface area contributed by atoms with Crippen LogP contribution in [0.5, 0.6) is 0 Å². The van der Waals surface area contributed by atoms with Gasteiger partial charge in [0.05, 0.1) is 24.0 Å². The Morgan fingerprint density at radius 3 is 1.59 bits per heavy atom. The molecule has 0 aliphatic carbocycles. The summed E-state index contributed by atoms with van der Waals surface area (Å²) < 4.78 is 0.564. The van der Waals surface area contributed by atoms with E-state index < -0.39 is 23.9 Å². The highest BCUT2D eigenvalue weighted by Crippen LogP contribution is 2.37. The predicted molar refractivity (Wildman–Crippen MR) is 104 cm³/mol. The molecule has 0 unspecified atom stereocenters. The van der Waals surface area contributed by atoms with Crippen LogP contribution in [0.15, 0.2) is 0 Å². The highest BCUT2D eigenvalue weighted by molar-refractivity contribution is 14.1. The molecule has 10 heteroatoms. The van der Waals surface area contributed by atoms with Crippen molar-refractivity contribution in [3.63, 3.8) is 0 Å². The first-order valence-electron chi connectivity index (χ1n) is 5.65. The van der Waals surface area contributed by atoms with Gasteiger partial charge in [0.1, 0.15) is 6.10 Å². The third-order valence-electron chi connectivity index (χ3n) is 2.74. The van der Waals surface area contributed by atoms with E-state index in [0.29, 0.717) is 0 Å². The zero-order valence-electron chi connectivity index (χ0n) is 11.2. The summed E-state index contributed by atoms with van der Waals surface area (Å²) in [6.07, 6.45) is -1.29. The van der Waals surface area contributed by atoms with Gasteiger partial charge in [-0.25, -0.2) is 9.59 Å². The summed E-state index contributed by atoms with van der Waals surface area (Å²) in [5.74, 6) is -3.23. The smallest absolute Gasteiger partial charge is 0.337 e. The van der Waals surface area contributed by atoms with Gasteiger partial charge in [0, 0.05) is 10.6 Å². The molecular formula is C12H10I3NO6. The number of aromatic carboxylic acids is 2. The zero-order chi connectivity index (χ0) is 17.4. The van der Waals surface area contributed by atoms with Crippen LogP contribution in [0.2, 0.25) is 0 Å². The van der Waals surface area contributed by atoms with Gasteiger partial charge in [0.2, 0.25) is 0 Å². The van der Waals surface area contributed by atoms with Crippen LogP contribution >= 0.6 is 67.8 Å². The molecule has 0 bridgehead atoms. The third-order valence-corrected chi connectivity index (χ3v) is 5.92. The van der Waals surface area contributed by atoms with Gasteiger partial charge in [-0.15, -0.1) is 0 Å². The lowest BCUT2D eigenvalue weighted by Gasteiger charge is -2.24. The molecule has 1 aromatic rings. The largest absolute Gasteiger partial charge is 0.478 e. The van der Waals surface area contributed by atoms with Crippen LogP contribution in [-0.2, 0) is 4.79 Å². The molecule has 0 spiro atoms. The van der Waals surface area contributed by atoms with Crippen molar-refractivity contribution in [2.24, 2.45) is 0 Å². The maximum Gasteiger partial charge on any atom is 0.337 e. The number of carbonyl (C=O) groups excluding carboxylic acids is 1. The van der Waals surface area contributed by atoms with E-state index in [9.17, 15) is 29.7 Å². The molecule has 3 N–H and O–H groups in total. The number of carboxylic acid groups (broad SMARTS) is 2. The van der Waals surface area contributed by atoms with Crippen molar-refractivity contribution < 1.29 is 29.7 Å². The van der Waals surface area contributed by atoms with Crippen LogP contribution in [0.25, 0.3) is 0 Å². The molecule has 0 saturated carbocycles. The number of hydrogen-bond donors (Lipinski definition) is 3. The van der Waals surface area contributed by atoms with Crippen LogP contribution < -0.4 is 4.90 Å².